The number of para-hydroxylation sites is 2. The van der Waals surface area contributed by atoms with Crippen molar-refractivity contribution in [2.75, 3.05) is 19.6 Å². The molecular formula is C20H21N3O3. The molecule has 6 heteroatoms. The van der Waals surface area contributed by atoms with Gasteiger partial charge < -0.3 is 14.1 Å². The van der Waals surface area contributed by atoms with Crippen LogP contribution in [0.25, 0.3) is 17.1 Å². The molecule has 6 nitrogen and oxygen atoms in total. The maximum atomic E-state index is 12.2. The van der Waals surface area contributed by atoms with Crippen molar-refractivity contribution in [2.24, 2.45) is 0 Å². The summed E-state index contributed by atoms with van der Waals surface area (Å²) in [6.45, 7) is 2.23. The van der Waals surface area contributed by atoms with E-state index in [4.69, 9.17) is 4.42 Å². The van der Waals surface area contributed by atoms with E-state index in [1.54, 1.807) is 12.6 Å². The van der Waals surface area contributed by atoms with Crippen LogP contribution in [0.15, 0.2) is 59.5 Å². The zero-order valence-corrected chi connectivity index (χ0v) is 14.4. The Morgan fingerprint density at radius 3 is 2.77 bits per heavy atom. The lowest BCUT2D eigenvalue weighted by atomic mass is 9.87. The molecule has 0 saturated carbocycles. The average molecular weight is 351 g/mol. The van der Waals surface area contributed by atoms with Crippen molar-refractivity contribution in [2.45, 2.75) is 18.4 Å². The molecule has 1 aliphatic rings. The van der Waals surface area contributed by atoms with E-state index < -0.39 is 11.5 Å². The highest BCUT2D eigenvalue weighted by Crippen LogP contribution is 2.33. The molecule has 1 saturated heterocycles. The van der Waals surface area contributed by atoms with Crippen LogP contribution in [0, 0.1) is 0 Å². The number of nitrogens with zero attached hydrogens (tertiary/aromatic N) is 3. The number of likely N-dealkylation sites (tertiary alicyclic amines) is 1. The Morgan fingerprint density at radius 2 is 2.04 bits per heavy atom. The average Bonchev–Trinajstić information content (AvgIpc) is 3.32. The first kappa shape index (κ1) is 16.6. The van der Waals surface area contributed by atoms with Gasteiger partial charge in [0.15, 0.2) is 0 Å². The molecule has 0 radical (unpaired) electrons. The summed E-state index contributed by atoms with van der Waals surface area (Å²) in [5, 5.41) is 10.0. The quantitative estimate of drug-likeness (QED) is 0.764. The second-order valence-corrected chi connectivity index (χ2v) is 6.66. The molecule has 1 aliphatic heterocycles. The van der Waals surface area contributed by atoms with Crippen LogP contribution < -0.4 is 0 Å². The van der Waals surface area contributed by atoms with Crippen molar-refractivity contribution in [3.8, 4) is 0 Å². The third-order valence-electron chi connectivity index (χ3n) is 5.18. The fraction of sp³-hybridized carbons (Fsp3) is 0.300. The van der Waals surface area contributed by atoms with Gasteiger partial charge in [-0.2, -0.15) is 0 Å². The van der Waals surface area contributed by atoms with Gasteiger partial charge in [0, 0.05) is 19.6 Å². The highest BCUT2D eigenvalue weighted by atomic mass is 16.4. The Hall–Kier alpha value is -2.86. The van der Waals surface area contributed by atoms with Gasteiger partial charge >= 0.3 is 5.97 Å². The minimum atomic E-state index is -0.933. The molecule has 134 valence electrons. The first-order chi connectivity index (χ1) is 12.7. The van der Waals surface area contributed by atoms with Crippen molar-refractivity contribution in [1.29, 1.82) is 0 Å². The molecule has 0 atom stereocenters. The lowest BCUT2D eigenvalue weighted by molar-refractivity contribution is -0.150. The summed E-state index contributed by atoms with van der Waals surface area (Å²) in [7, 11) is 0. The topological polar surface area (TPSA) is 71.5 Å². The smallest absolute Gasteiger partial charge is 0.330 e. The van der Waals surface area contributed by atoms with Crippen LogP contribution in [-0.2, 0) is 10.3 Å². The van der Waals surface area contributed by atoms with Crippen LogP contribution in [-0.4, -0.2) is 45.2 Å². The second kappa shape index (κ2) is 6.80. The van der Waals surface area contributed by atoms with Gasteiger partial charge in [0.05, 0.1) is 23.6 Å². The van der Waals surface area contributed by atoms with E-state index in [2.05, 4.69) is 16.0 Å². The van der Waals surface area contributed by atoms with E-state index in [1.165, 1.54) is 0 Å². The van der Waals surface area contributed by atoms with Gasteiger partial charge in [-0.05, 0) is 43.2 Å². The number of furan rings is 1. The van der Waals surface area contributed by atoms with Gasteiger partial charge in [0.2, 0.25) is 0 Å². The first-order valence-electron chi connectivity index (χ1n) is 8.77. The SMILES string of the molecule is O=C(O)C1(n2cnc3ccccc32)CCN(CC=Cc2ccco2)CC1. The Balaban J connectivity index is 1.50. The number of imidazole rings is 1. The molecule has 1 aromatic carbocycles. The second-order valence-electron chi connectivity index (χ2n) is 6.66. The molecule has 2 aromatic heterocycles. The molecule has 26 heavy (non-hydrogen) atoms. The highest BCUT2D eigenvalue weighted by molar-refractivity contribution is 5.82. The zero-order valence-electron chi connectivity index (χ0n) is 14.4. The standard InChI is InChI=1S/C20H21N3O3/c24-19(25)20(23-15-21-17-7-1-2-8-18(17)23)9-12-22(13-10-20)11-3-5-16-6-4-14-26-16/h1-8,14-15H,9-13H2,(H,24,25). The Bertz CT molecular complexity index is 919. The largest absolute Gasteiger partial charge is 0.479 e. The third kappa shape index (κ3) is 2.93. The molecular weight excluding hydrogens is 330 g/mol. The van der Waals surface area contributed by atoms with E-state index >= 15 is 0 Å². The fourth-order valence-corrected chi connectivity index (χ4v) is 3.67. The Labute approximate surface area is 151 Å². The van der Waals surface area contributed by atoms with Crippen molar-refractivity contribution in [1.82, 2.24) is 14.5 Å². The molecule has 1 N–H and O–H groups in total. The predicted octanol–water partition coefficient (Wildman–Crippen LogP) is 3.22. The summed E-state index contributed by atoms with van der Waals surface area (Å²) >= 11 is 0. The first-order valence-corrected chi connectivity index (χ1v) is 8.77. The van der Waals surface area contributed by atoms with E-state index in [-0.39, 0.29) is 0 Å². The summed E-state index contributed by atoms with van der Waals surface area (Å²) in [6, 6.07) is 11.5. The number of carboxylic acids is 1. The van der Waals surface area contributed by atoms with E-state index in [0.29, 0.717) is 12.8 Å². The number of carbonyl (C=O) groups is 1. The minimum absolute atomic E-state index is 0.553. The molecule has 3 heterocycles. The van der Waals surface area contributed by atoms with Gasteiger partial charge in [0.1, 0.15) is 11.3 Å². The highest BCUT2D eigenvalue weighted by Gasteiger charge is 2.43. The maximum Gasteiger partial charge on any atom is 0.330 e. The maximum absolute atomic E-state index is 12.2. The lowest BCUT2D eigenvalue weighted by Gasteiger charge is -2.39. The van der Waals surface area contributed by atoms with E-state index in [1.807, 2.05) is 47.0 Å². The summed E-state index contributed by atoms with van der Waals surface area (Å²) in [5.74, 6) is 0.0400. The van der Waals surface area contributed by atoms with Crippen LogP contribution in [0.1, 0.15) is 18.6 Å². The zero-order chi connectivity index (χ0) is 18.0. The van der Waals surface area contributed by atoms with Gasteiger partial charge in [-0.3, -0.25) is 4.90 Å². The number of aliphatic carboxylic acids is 1. The van der Waals surface area contributed by atoms with Crippen LogP contribution >= 0.6 is 0 Å². The number of fused-ring (bicyclic) bond motifs is 1. The molecule has 0 spiro atoms. The molecule has 4 rings (SSSR count). The minimum Gasteiger partial charge on any atom is -0.479 e. The van der Waals surface area contributed by atoms with E-state index in [9.17, 15) is 9.90 Å². The number of piperidine rings is 1. The lowest BCUT2D eigenvalue weighted by Crippen LogP contribution is -2.50. The number of hydrogen-bond acceptors (Lipinski definition) is 4. The van der Waals surface area contributed by atoms with Crippen LogP contribution in [0.2, 0.25) is 0 Å². The number of carboxylic acid groups (broad SMARTS) is 1. The summed E-state index contributed by atoms with van der Waals surface area (Å²) < 4.78 is 7.13. The molecule has 0 unspecified atom stereocenters. The van der Waals surface area contributed by atoms with Crippen molar-refractivity contribution >= 4 is 23.1 Å². The van der Waals surface area contributed by atoms with Crippen LogP contribution in [0.5, 0.6) is 0 Å². The van der Waals surface area contributed by atoms with E-state index in [0.717, 1.165) is 36.4 Å². The monoisotopic (exact) mass is 351 g/mol. The number of aromatic nitrogens is 2. The van der Waals surface area contributed by atoms with Crippen molar-refractivity contribution < 1.29 is 14.3 Å². The number of benzene rings is 1. The van der Waals surface area contributed by atoms with Gasteiger partial charge in [-0.15, -0.1) is 0 Å². The third-order valence-corrected chi connectivity index (χ3v) is 5.18. The Morgan fingerprint density at radius 1 is 1.23 bits per heavy atom. The van der Waals surface area contributed by atoms with Crippen molar-refractivity contribution in [3.63, 3.8) is 0 Å². The summed E-state index contributed by atoms with van der Waals surface area (Å²) in [5.41, 5.74) is 0.773. The van der Waals surface area contributed by atoms with Gasteiger partial charge in [-0.1, -0.05) is 18.2 Å². The van der Waals surface area contributed by atoms with Crippen LogP contribution in [0.4, 0.5) is 0 Å². The molecule has 0 amide bonds. The van der Waals surface area contributed by atoms with Crippen LogP contribution in [0.3, 0.4) is 0 Å². The molecule has 1 fully saturated rings. The Kier molecular flexibility index (Phi) is 4.34. The molecule has 3 aromatic rings. The fourth-order valence-electron chi connectivity index (χ4n) is 3.67. The van der Waals surface area contributed by atoms with Crippen molar-refractivity contribution in [3.05, 3.63) is 60.8 Å². The van der Waals surface area contributed by atoms with Gasteiger partial charge in [-0.25, -0.2) is 9.78 Å². The summed E-state index contributed by atoms with van der Waals surface area (Å²) in [6.07, 6.45) is 8.43. The normalized spacial score (nSPS) is 17.8. The number of hydrogen-bond donors (Lipinski definition) is 1. The van der Waals surface area contributed by atoms with Gasteiger partial charge in [0.25, 0.3) is 0 Å². The molecule has 0 aliphatic carbocycles. The number of rotatable bonds is 5. The summed E-state index contributed by atoms with van der Waals surface area (Å²) in [4.78, 5) is 18.8. The predicted molar refractivity (Wildman–Crippen MR) is 98.8 cm³/mol. The molecule has 0 bridgehead atoms.